The Kier molecular flexibility index (Phi) is 5.89. The SMILES string of the molecule is CC(NC(=O)c1cccc([N+](=O)[O-])c1)C(=O)N(C)C1CCCCC1. The van der Waals surface area contributed by atoms with Gasteiger partial charge < -0.3 is 10.2 Å². The second-order valence-corrected chi connectivity index (χ2v) is 6.24. The van der Waals surface area contributed by atoms with Crippen LogP contribution < -0.4 is 5.32 Å². The quantitative estimate of drug-likeness (QED) is 0.662. The molecule has 1 aromatic rings. The van der Waals surface area contributed by atoms with Crippen molar-refractivity contribution >= 4 is 17.5 Å². The molecule has 7 heteroatoms. The van der Waals surface area contributed by atoms with Gasteiger partial charge in [-0.25, -0.2) is 0 Å². The minimum atomic E-state index is -0.677. The Morgan fingerprint density at radius 2 is 1.96 bits per heavy atom. The summed E-state index contributed by atoms with van der Waals surface area (Å²) in [5.74, 6) is -0.628. The summed E-state index contributed by atoms with van der Waals surface area (Å²) in [6.07, 6.45) is 5.44. The third-order valence-electron chi connectivity index (χ3n) is 4.51. The van der Waals surface area contributed by atoms with E-state index in [4.69, 9.17) is 0 Å². The number of likely N-dealkylation sites (N-methyl/N-ethyl adjacent to an activating group) is 1. The number of nitrogens with zero attached hydrogens (tertiary/aromatic N) is 2. The fourth-order valence-corrected chi connectivity index (χ4v) is 3.06. The molecule has 2 amide bonds. The van der Waals surface area contributed by atoms with Gasteiger partial charge in [0.05, 0.1) is 4.92 Å². The second kappa shape index (κ2) is 7.90. The zero-order valence-corrected chi connectivity index (χ0v) is 14.0. The number of hydrogen-bond acceptors (Lipinski definition) is 4. The molecule has 0 aromatic heterocycles. The van der Waals surface area contributed by atoms with Crippen LogP contribution in [0.3, 0.4) is 0 Å². The highest BCUT2D eigenvalue weighted by atomic mass is 16.6. The molecule has 1 aromatic carbocycles. The largest absolute Gasteiger partial charge is 0.341 e. The maximum absolute atomic E-state index is 12.5. The summed E-state index contributed by atoms with van der Waals surface area (Å²) in [4.78, 5) is 36.7. The normalized spacial score (nSPS) is 16.2. The Morgan fingerprint density at radius 3 is 2.58 bits per heavy atom. The van der Waals surface area contributed by atoms with Gasteiger partial charge in [0.2, 0.25) is 5.91 Å². The third kappa shape index (κ3) is 4.31. The van der Waals surface area contributed by atoms with Crippen molar-refractivity contribution in [3.05, 3.63) is 39.9 Å². The van der Waals surface area contributed by atoms with Crippen LogP contribution in [0.25, 0.3) is 0 Å². The van der Waals surface area contributed by atoms with Gasteiger partial charge in [0.15, 0.2) is 0 Å². The molecule has 1 atom stereocenters. The van der Waals surface area contributed by atoms with Gasteiger partial charge in [-0.2, -0.15) is 0 Å². The van der Waals surface area contributed by atoms with E-state index in [1.54, 1.807) is 18.9 Å². The number of nitro benzene ring substituents is 1. The van der Waals surface area contributed by atoms with Crippen molar-refractivity contribution in [2.75, 3.05) is 7.05 Å². The number of rotatable bonds is 5. The summed E-state index contributed by atoms with van der Waals surface area (Å²) in [6.45, 7) is 1.64. The highest BCUT2D eigenvalue weighted by molar-refractivity contribution is 5.97. The summed E-state index contributed by atoms with van der Waals surface area (Å²) in [5, 5.41) is 13.4. The van der Waals surface area contributed by atoms with Crippen molar-refractivity contribution in [2.24, 2.45) is 0 Å². The van der Waals surface area contributed by atoms with E-state index < -0.39 is 16.9 Å². The Hall–Kier alpha value is -2.44. The molecule has 1 aliphatic carbocycles. The van der Waals surface area contributed by atoms with Crippen LogP contribution in [0.5, 0.6) is 0 Å². The lowest BCUT2D eigenvalue weighted by Gasteiger charge is -2.33. The van der Waals surface area contributed by atoms with E-state index in [0.717, 1.165) is 25.7 Å². The fraction of sp³-hybridized carbons (Fsp3) is 0.529. The van der Waals surface area contributed by atoms with Crippen LogP contribution >= 0.6 is 0 Å². The smallest absolute Gasteiger partial charge is 0.270 e. The first kappa shape index (κ1) is 17.9. The average molecular weight is 333 g/mol. The average Bonchev–Trinajstić information content (AvgIpc) is 2.61. The molecule has 1 aliphatic rings. The van der Waals surface area contributed by atoms with Crippen LogP contribution in [-0.4, -0.2) is 40.8 Å². The topological polar surface area (TPSA) is 92.5 Å². The standard InChI is InChI=1S/C17H23N3O4/c1-12(17(22)19(2)14-8-4-3-5-9-14)18-16(21)13-7-6-10-15(11-13)20(23)24/h6-7,10-12,14H,3-5,8-9H2,1-2H3,(H,18,21). The van der Waals surface area contributed by atoms with E-state index >= 15 is 0 Å². The van der Waals surface area contributed by atoms with Crippen molar-refractivity contribution < 1.29 is 14.5 Å². The first-order valence-corrected chi connectivity index (χ1v) is 8.22. The van der Waals surface area contributed by atoms with E-state index in [-0.39, 0.29) is 23.2 Å². The Morgan fingerprint density at radius 1 is 1.29 bits per heavy atom. The molecule has 0 spiro atoms. The van der Waals surface area contributed by atoms with Crippen molar-refractivity contribution in [1.29, 1.82) is 0 Å². The molecule has 1 fully saturated rings. The highest BCUT2D eigenvalue weighted by Crippen LogP contribution is 2.22. The molecule has 0 aliphatic heterocycles. The second-order valence-electron chi connectivity index (χ2n) is 6.24. The van der Waals surface area contributed by atoms with Crippen molar-refractivity contribution in [3.8, 4) is 0 Å². The maximum atomic E-state index is 12.5. The third-order valence-corrected chi connectivity index (χ3v) is 4.51. The van der Waals surface area contributed by atoms with Gasteiger partial charge in [0.1, 0.15) is 6.04 Å². The lowest BCUT2D eigenvalue weighted by atomic mass is 9.94. The van der Waals surface area contributed by atoms with Gasteiger partial charge in [0, 0.05) is 30.8 Å². The first-order chi connectivity index (χ1) is 11.4. The molecule has 0 radical (unpaired) electrons. The number of carbonyl (C=O) groups excluding carboxylic acids is 2. The zero-order chi connectivity index (χ0) is 17.7. The van der Waals surface area contributed by atoms with Gasteiger partial charge in [-0.15, -0.1) is 0 Å². The number of nitro groups is 1. The number of carbonyl (C=O) groups is 2. The molecular formula is C17H23N3O4. The van der Waals surface area contributed by atoms with E-state index in [1.807, 2.05) is 0 Å². The predicted molar refractivity (Wildman–Crippen MR) is 89.7 cm³/mol. The van der Waals surface area contributed by atoms with E-state index in [9.17, 15) is 19.7 Å². The molecule has 1 N–H and O–H groups in total. The van der Waals surface area contributed by atoms with Crippen LogP contribution in [0.15, 0.2) is 24.3 Å². The highest BCUT2D eigenvalue weighted by Gasteiger charge is 2.26. The fourth-order valence-electron chi connectivity index (χ4n) is 3.06. The molecule has 130 valence electrons. The Balaban J connectivity index is 1.98. The number of benzene rings is 1. The van der Waals surface area contributed by atoms with E-state index in [1.165, 1.54) is 30.7 Å². The van der Waals surface area contributed by atoms with E-state index in [0.29, 0.717) is 0 Å². The van der Waals surface area contributed by atoms with Crippen LogP contribution in [0, 0.1) is 10.1 Å². The van der Waals surface area contributed by atoms with Crippen LogP contribution in [0.4, 0.5) is 5.69 Å². The molecule has 1 saturated carbocycles. The summed E-state index contributed by atoms with van der Waals surface area (Å²) in [5.41, 5.74) is 0.0186. The van der Waals surface area contributed by atoms with Crippen molar-refractivity contribution in [1.82, 2.24) is 10.2 Å². The number of hydrogen-bond donors (Lipinski definition) is 1. The first-order valence-electron chi connectivity index (χ1n) is 8.22. The maximum Gasteiger partial charge on any atom is 0.270 e. The van der Waals surface area contributed by atoms with Crippen molar-refractivity contribution in [2.45, 2.75) is 51.1 Å². The number of amides is 2. The minimum Gasteiger partial charge on any atom is -0.341 e. The molecule has 24 heavy (non-hydrogen) atoms. The number of non-ortho nitro benzene ring substituents is 1. The van der Waals surface area contributed by atoms with Gasteiger partial charge in [-0.3, -0.25) is 19.7 Å². The van der Waals surface area contributed by atoms with Crippen LogP contribution in [0.1, 0.15) is 49.4 Å². The lowest BCUT2D eigenvalue weighted by molar-refractivity contribution is -0.384. The molecule has 0 saturated heterocycles. The van der Waals surface area contributed by atoms with Gasteiger partial charge in [0.25, 0.3) is 11.6 Å². The molecule has 7 nitrogen and oxygen atoms in total. The van der Waals surface area contributed by atoms with Crippen molar-refractivity contribution in [3.63, 3.8) is 0 Å². The number of nitrogens with one attached hydrogen (secondary N) is 1. The Labute approximate surface area is 141 Å². The summed E-state index contributed by atoms with van der Waals surface area (Å²) >= 11 is 0. The lowest BCUT2D eigenvalue weighted by Crippen LogP contribution is -2.49. The molecular weight excluding hydrogens is 310 g/mol. The molecule has 1 unspecified atom stereocenters. The monoisotopic (exact) mass is 333 g/mol. The summed E-state index contributed by atoms with van der Waals surface area (Å²) in [7, 11) is 1.77. The van der Waals surface area contributed by atoms with E-state index in [2.05, 4.69) is 5.32 Å². The van der Waals surface area contributed by atoms with Gasteiger partial charge >= 0.3 is 0 Å². The molecule has 0 bridgehead atoms. The van der Waals surface area contributed by atoms with Crippen LogP contribution in [0.2, 0.25) is 0 Å². The Bertz CT molecular complexity index is 626. The summed E-state index contributed by atoms with van der Waals surface area (Å²) < 4.78 is 0. The zero-order valence-electron chi connectivity index (χ0n) is 14.0. The predicted octanol–water partition coefficient (Wildman–Crippen LogP) is 2.50. The molecule has 2 rings (SSSR count). The van der Waals surface area contributed by atoms with Crippen LogP contribution in [-0.2, 0) is 4.79 Å². The summed E-state index contributed by atoms with van der Waals surface area (Å²) in [6, 6.07) is 5.02. The molecule has 0 heterocycles. The van der Waals surface area contributed by atoms with Gasteiger partial charge in [-0.05, 0) is 25.8 Å². The van der Waals surface area contributed by atoms with Gasteiger partial charge in [-0.1, -0.05) is 25.3 Å². The minimum absolute atomic E-state index is 0.138.